The molecule has 0 aliphatic heterocycles. The van der Waals surface area contributed by atoms with Crippen LogP contribution >= 0.6 is 0 Å². The average molecular weight is 273 g/mol. The fourth-order valence-corrected chi connectivity index (χ4v) is 1.90. The highest BCUT2D eigenvalue weighted by atomic mass is 16.4. The maximum absolute atomic E-state index is 12.3. The predicted octanol–water partition coefficient (Wildman–Crippen LogP) is 1.50. The van der Waals surface area contributed by atoms with E-state index in [0.29, 0.717) is 5.56 Å². The highest BCUT2D eigenvalue weighted by molar-refractivity contribution is 6.09. The van der Waals surface area contributed by atoms with Gasteiger partial charge in [0.15, 0.2) is 0 Å². The summed E-state index contributed by atoms with van der Waals surface area (Å²) < 4.78 is 0.986. The van der Waals surface area contributed by atoms with Crippen LogP contribution in [-0.4, -0.2) is 32.5 Å². The summed E-state index contributed by atoms with van der Waals surface area (Å²) in [6.45, 7) is -0.581. The summed E-state index contributed by atoms with van der Waals surface area (Å²) in [5, 5.41) is 17.9. The molecule has 2 aromatic rings. The van der Waals surface area contributed by atoms with E-state index in [1.54, 1.807) is 30.3 Å². The zero-order chi connectivity index (χ0) is 14.7. The van der Waals surface area contributed by atoms with Gasteiger partial charge in [0, 0.05) is 5.56 Å². The van der Waals surface area contributed by atoms with E-state index in [1.165, 1.54) is 12.1 Å². The number of carbonyl (C=O) groups is 3. The molecule has 0 saturated heterocycles. The molecular formula is C14H11NO5. The number of rotatable bonds is 5. The van der Waals surface area contributed by atoms with E-state index in [4.69, 9.17) is 10.2 Å². The molecule has 2 N–H and O–H groups in total. The maximum atomic E-state index is 12.3. The number of ketones is 1. The van der Waals surface area contributed by atoms with Gasteiger partial charge in [0.1, 0.15) is 12.2 Å². The topological polar surface area (TPSA) is 96.6 Å². The van der Waals surface area contributed by atoms with Gasteiger partial charge >= 0.3 is 11.9 Å². The summed E-state index contributed by atoms with van der Waals surface area (Å²) in [6, 6.07) is 10.8. The van der Waals surface area contributed by atoms with Gasteiger partial charge in [-0.25, -0.2) is 4.79 Å². The van der Waals surface area contributed by atoms with Crippen molar-refractivity contribution in [3.8, 4) is 0 Å². The molecule has 6 heteroatoms. The van der Waals surface area contributed by atoms with Gasteiger partial charge in [-0.3, -0.25) is 9.59 Å². The smallest absolute Gasteiger partial charge is 0.352 e. The van der Waals surface area contributed by atoms with E-state index in [9.17, 15) is 14.4 Å². The van der Waals surface area contributed by atoms with Crippen molar-refractivity contribution < 1.29 is 24.6 Å². The molecule has 0 spiro atoms. The van der Waals surface area contributed by atoms with Crippen LogP contribution in [0.3, 0.4) is 0 Å². The van der Waals surface area contributed by atoms with Crippen LogP contribution in [0, 0.1) is 0 Å². The molecule has 2 rings (SSSR count). The number of carbonyl (C=O) groups excluding carboxylic acids is 1. The van der Waals surface area contributed by atoms with E-state index >= 15 is 0 Å². The molecule has 1 heterocycles. The molecule has 1 aromatic carbocycles. The van der Waals surface area contributed by atoms with Gasteiger partial charge in [0.05, 0.1) is 5.69 Å². The van der Waals surface area contributed by atoms with Gasteiger partial charge < -0.3 is 14.8 Å². The minimum Gasteiger partial charge on any atom is -0.480 e. The Labute approximate surface area is 113 Å². The molecule has 0 amide bonds. The fourth-order valence-electron chi connectivity index (χ4n) is 1.90. The quantitative estimate of drug-likeness (QED) is 0.805. The lowest BCUT2D eigenvalue weighted by Crippen LogP contribution is -2.19. The van der Waals surface area contributed by atoms with Crippen LogP contribution in [0.15, 0.2) is 42.5 Å². The van der Waals surface area contributed by atoms with Crippen LogP contribution in [0.4, 0.5) is 0 Å². The summed E-state index contributed by atoms with van der Waals surface area (Å²) in [6.07, 6.45) is 0. The molecule has 0 fully saturated rings. The molecule has 0 bridgehead atoms. The molecule has 0 aliphatic rings. The molecule has 0 radical (unpaired) electrons. The third-order valence-electron chi connectivity index (χ3n) is 2.76. The Hall–Kier alpha value is -2.89. The van der Waals surface area contributed by atoms with Crippen molar-refractivity contribution in [2.75, 3.05) is 0 Å². The highest BCUT2D eigenvalue weighted by Gasteiger charge is 2.21. The lowest BCUT2D eigenvalue weighted by Gasteiger charge is -2.08. The van der Waals surface area contributed by atoms with Crippen LogP contribution in [0.2, 0.25) is 0 Å². The van der Waals surface area contributed by atoms with E-state index < -0.39 is 24.3 Å². The van der Waals surface area contributed by atoms with Gasteiger partial charge in [0.2, 0.25) is 5.78 Å². The molecule has 0 unspecified atom stereocenters. The predicted molar refractivity (Wildman–Crippen MR) is 68.9 cm³/mol. The zero-order valence-corrected chi connectivity index (χ0v) is 10.3. The Morgan fingerprint density at radius 2 is 1.50 bits per heavy atom. The summed E-state index contributed by atoms with van der Waals surface area (Å²) in [4.78, 5) is 34.2. The van der Waals surface area contributed by atoms with Crippen LogP contribution in [-0.2, 0) is 11.3 Å². The summed E-state index contributed by atoms with van der Waals surface area (Å²) in [5.74, 6) is -2.91. The number of carboxylic acid groups (broad SMARTS) is 2. The second-order valence-corrected chi connectivity index (χ2v) is 4.08. The molecule has 102 valence electrons. The first-order valence-electron chi connectivity index (χ1n) is 5.75. The van der Waals surface area contributed by atoms with Gasteiger partial charge in [-0.1, -0.05) is 30.3 Å². The summed E-state index contributed by atoms with van der Waals surface area (Å²) in [5.41, 5.74) is 0.178. The first-order chi connectivity index (χ1) is 9.50. The number of hydrogen-bond acceptors (Lipinski definition) is 3. The maximum Gasteiger partial charge on any atom is 0.352 e. The SMILES string of the molecule is O=C(O)Cn1c(C(=O)O)ccc1C(=O)c1ccccc1. The number of nitrogens with zero attached hydrogens (tertiary/aromatic N) is 1. The van der Waals surface area contributed by atoms with Gasteiger partial charge in [0.25, 0.3) is 0 Å². The van der Waals surface area contributed by atoms with Crippen molar-refractivity contribution >= 4 is 17.7 Å². The summed E-state index contributed by atoms with van der Waals surface area (Å²) >= 11 is 0. The van der Waals surface area contributed by atoms with E-state index in [1.807, 2.05) is 0 Å². The standard InChI is InChI=1S/C14H11NO5/c16-12(17)8-15-10(6-7-11(15)14(19)20)13(18)9-4-2-1-3-5-9/h1-7H,8H2,(H,16,17)(H,19,20). The number of aromatic carboxylic acids is 1. The fraction of sp³-hybridized carbons (Fsp3) is 0.0714. The van der Waals surface area contributed by atoms with Crippen molar-refractivity contribution in [2.45, 2.75) is 6.54 Å². The summed E-state index contributed by atoms with van der Waals surface area (Å²) in [7, 11) is 0. The van der Waals surface area contributed by atoms with Crippen LogP contribution in [0.5, 0.6) is 0 Å². The molecule has 0 aliphatic carbocycles. The van der Waals surface area contributed by atoms with Crippen LogP contribution in [0.25, 0.3) is 0 Å². The molecule has 1 aromatic heterocycles. The molecular weight excluding hydrogens is 262 g/mol. The van der Waals surface area contributed by atoms with Crippen LogP contribution < -0.4 is 0 Å². The Morgan fingerprint density at radius 3 is 2.05 bits per heavy atom. The minimum absolute atomic E-state index is 0.0380. The molecule has 0 atom stereocenters. The van der Waals surface area contributed by atoms with Gasteiger partial charge in [-0.05, 0) is 12.1 Å². The number of hydrogen-bond donors (Lipinski definition) is 2. The lowest BCUT2D eigenvalue weighted by molar-refractivity contribution is -0.137. The third-order valence-corrected chi connectivity index (χ3v) is 2.76. The minimum atomic E-state index is -1.28. The molecule has 6 nitrogen and oxygen atoms in total. The second-order valence-electron chi connectivity index (χ2n) is 4.08. The largest absolute Gasteiger partial charge is 0.480 e. The molecule has 0 saturated carbocycles. The third kappa shape index (κ3) is 2.59. The first-order valence-corrected chi connectivity index (χ1v) is 5.75. The number of benzene rings is 1. The second kappa shape index (κ2) is 5.40. The van der Waals surface area contributed by atoms with E-state index in [-0.39, 0.29) is 11.4 Å². The number of carboxylic acids is 2. The van der Waals surface area contributed by atoms with Crippen molar-refractivity contribution in [2.24, 2.45) is 0 Å². The average Bonchev–Trinajstić information content (AvgIpc) is 2.82. The van der Waals surface area contributed by atoms with Gasteiger partial charge in [-0.2, -0.15) is 0 Å². The van der Waals surface area contributed by atoms with Crippen molar-refractivity contribution in [1.29, 1.82) is 0 Å². The Kier molecular flexibility index (Phi) is 3.65. The van der Waals surface area contributed by atoms with Crippen molar-refractivity contribution in [3.05, 3.63) is 59.4 Å². The van der Waals surface area contributed by atoms with Crippen molar-refractivity contribution in [1.82, 2.24) is 4.57 Å². The Morgan fingerprint density at radius 1 is 0.900 bits per heavy atom. The normalized spacial score (nSPS) is 10.2. The van der Waals surface area contributed by atoms with Crippen LogP contribution in [0.1, 0.15) is 26.5 Å². The first kappa shape index (κ1) is 13.5. The van der Waals surface area contributed by atoms with E-state index in [2.05, 4.69) is 0 Å². The Bertz CT molecular complexity index is 672. The highest BCUT2D eigenvalue weighted by Crippen LogP contribution is 2.15. The number of aliphatic carboxylic acids is 1. The molecule has 20 heavy (non-hydrogen) atoms. The zero-order valence-electron chi connectivity index (χ0n) is 10.3. The van der Waals surface area contributed by atoms with Gasteiger partial charge in [-0.15, -0.1) is 0 Å². The van der Waals surface area contributed by atoms with E-state index in [0.717, 1.165) is 4.57 Å². The number of aromatic nitrogens is 1. The lowest BCUT2D eigenvalue weighted by atomic mass is 10.1. The monoisotopic (exact) mass is 273 g/mol. The Balaban J connectivity index is 2.49. The van der Waals surface area contributed by atoms with Crippen molar-refractivity contribution in [3.63, 3.8) is 0 Å².